The van der Waals surface area contributed by atoms with Crippen LogP contribution in [0, 0.1) is 40.5 Å². The summed E-state index contributed by atoms with van der Waals surface area (Å²) in [6.45, 7) is 3.54. The van der Waals surface area contributed by atoms with Gasteiger partial charge in [0.1, 0.15) is 12.9 Å². The van der Waals surface area contributed by atoms with E-state index in [-0.39, 0.29) is 5.92 Å². The zero-order valence-electron chi connectivity index (χ0n) is 15.4. The molecule has 0 aliphatic heterocycles. The average molecular weight is 388 g/mol. The minimum atomic E-state index is -1.63. The Bertz CT molecular complexity index is 772. The number of halogens is 4. The summed E-state index contributed by atoms with van der Waals surface area (Å²) in [5.41, 5.74) is -1.94. The fourth-order valence-electron chi connectivity index (χ4n) is 3.11. The normalized spacial score (nSPS) is 21.1. The number of methoxy groups -OCH3 is 1. The van der Waals surface area contributed by atoms with Crippen LogP contribution in [-0.4, -0.2) is 19.4 Å². The van der Waals surface area contributed by atoms with Crippen LogP contribution in [0.1, 0.15) is 31.9 Å². The Kier molecular flexibility index (Phi) is 6.09. The van der Waals surface area contributed by atoms with Crippen molar-refractivity contribution in [3.8, 4) is 0 Å². The van der Waals surface area contributed by atoms with Gasteiger partial charge < -0.3 is 9.47 Å². The second-order valence-corrected chi connectivity index (χ2v) is 7.11. The van der Waals surface area contributed by atoms with Gasteiger partial charge in [-0.1, -0.05) is 19.9 Å². The molecular weight excluding hydrogens is 368 g/mol. The summed E-state index contributed by atoms with van der Waals surface area (Å²) in [5, 5.41) is 0. The van der Waals surface area contributed by atoms with Crippen molar-refractivity contribution < 1.29 is 36.6 Å². The highest BCUT2D eigenvalue weighted by molar-refractivity contribution is 5.79. The topological polar surface area (TPSA) is 52.6 Å². The van der Waals surface area contributed by atoms with E-state index in [9.17, 15) is 27.2 Å². The largest absolute Gasteiger partial charge is 0.460 e. The summed E-state index contributed by atoms with van der Waals surface area (Å²) in [5.74, 6) is -8.09. The van der Waals surface area contributed by atoms with Crippen LogP contribution in [0.3, 0.4) is 0 Å². The van der Waals surface area contributed by atoms with E-state index in [4.69, 9.17) is 4.74 Å². The van der Waals surface area contributed by atoms with Crippen molar-refractivity contribution in [2.45, 2.75) is 34.0 Å². The molecule has 27 heavy (non-hydrogen) atoms. The summed E-state index contributed by atoms with van der Waals surface area (Å²) < 4.78 is 65.4. The molecule has 1 aromatic carbocycles. The van der Waals surface area contributed by atoms with E-state index in [1.165, 1.54) is 0 Å². The fraction of sp³-hybridized carbons (Fsp3) is 0.474. The van der Waals surface area contributed by atoms with Crippen LogP contribution in [0.15, 0.2) is 11.6 Å². The second-order valence-electron chi connectivity index (χ2n) is 7.11. The lowest BCUT2D eigenvalue weighted by Crippen LogP contribution is -2.15. The van der Waals surface area contributed by atoms with Gasteiger partial charge in [-0.2, -0.15) is 0 Å². The number of hydrogen-bond donors (Lipinski definition) is 0. The molecule has 0 saturated heterocycles. The molecule has 1 aliphatic rings. The van der Waals surface area contributed by atoms with Gasteiger partial charge in [0.2, 0.25) is 0 Å². The Morgan fingerprint density at radius 2 is 1.52 bits per heavy atom. The summed E-state index contributed by atoms with van der Waals surface area (Å²) in [6.07, 6.45) is 2.27. The Hall–Kier alpha value is -2.22. The fourth-order valence-corrected chi connectivity index (χ4v) is 3.11. The average Bonchev–Trinajstić information content (AvgIpc) is 3.16. The van der Waals surface area contributed by atoms with Crippen molar-refractivity contribution in [2.24, 2.45) is 17.3 Å². The molecule has 8 heteroatoms. The number of allylic oxidation sites excluding steroid dienone is 2. The van der Waals surface area contributed by atoms with Gasteiger partial charge in [0, 0.05) is 7.11 Å². The predicted molar refractivity (Wildman–Crippen MR) is 87.4 cm³/mol. The third kappa shape index (κ3) is 3.90. The first-order valence-electron chi connectivity index (χ1n) is 8.20. The zero-order valence-corrected chi connectivity index (χ0v) is 15.4. The SMILES string of the molecule is COCc1c(F)c(F)c(COC(=O)C2C(C=C(C)C=O)C2(C)C)c(F)c1F. The molecule has 0 radical (unpaired) electrons. The number of esters is 1. The van der Waals surface area contributed by atoms with E-state index in [0.717, 1.165) is 7.11 Å². The first-order chi connectivity index (χ1) is 12.6. The molecule has 0 aromatic heterocycles. The van der Waals surface area contributed by atoms with Crippen molar-refractivity contribution in [1.29, 1.82) is 0 Å². The van der Waals surface area contributed by atoms with E-state index >= 15 is 0 Å². The lowest BCUT2D eigenvalue weighted by atomic mass is 10.1. The number of carbonyl (C=O) groups excluding carboxylic acids is 2. The molecule has 0 bridgehead atoms. The van der Waals surface area contributed by atoms with Gasteiger partial charge in [-0.3, -0.25) is 9.59 Å². The van der Waals surface area contributed by atoms with Crippen molar-refractivity contribution in [1.82, 2.24) is 0 Å². The summed E-state index contributed by atoms with van der Waals surface area (Å²) in [6, 6.07) is 0. The van der Waals surface area contributed by atoms with E-state index in [1.54, 1.807) is 26.8 Å². The minimum Gasteiger partial charge on any atom is -0.460 e. The lowest BCUT2D eigenvalue weighted by Gasteiger charge is -2.12. The molecule has 0 spiro atoms. The molecule has 1 fully saturated rings. The molecule has 0 amide bonds. The van der Waals surface area contributed by atoms with Gasteiger partial charge in [0.15, 0.2) is 23.3 Å². The maximum atomic E-state index is 14.1. The highest BCUT2D eigenvalue weighted by atomic mass is 19.2. The third-order valence-corrected chi connectivity index (χ3v) is 4.89. The first-order valence-corrected chi connectivity index (χ1v) is 8.20. The summed E-state index contributed by atoms with van der Waals surface area (Å²) in [4.78, 5) is 23.0. The third-order valence-electron chi connectivity index (χ3n) is 4.89. The van der Waals surface area contributed by atoms with Crippen LogP contribution in [0.4, 0.5) is 17.6 Å². The van der Waals surface area contributed by atoms with Crippen LogP contribution in [0.5, 0.6) is 0 Å². The van der Waals surface area contributed by atoms with Gasteiger partial charge in [-0.05, 0) is 23.8 Å². The highest BCUT2D eigenvalue weighted by Crippen LogP contribution is 2.59. The number of ether oxygens (including phenoxy) is 2. The highest BCUT2D eigenvalue weighted by Gasteiger charge is 2.61. The standard InChI is InChI=1S/C19H20F4O4/c1-9(6-24)5-12-13(19(12,2)3)18(25)27-8-11-16(22)14(20)10(7-26-4)15(21)17(11)23/h5-6,12-13H,7-8H2,1-4H3. The monoisotopic (exact) mass is 388 g/mol. The zero-order chi connectivity index (χ0) is 20.5. The molecule has 1 saturated carbocycles. The van der Waals surface area contributed by atoms with Crippen molar-refractivity contribution >= 4 is 12.3 Å². The van der Waals surface area contributed by atoms with Crippen LogP contribution < -0.4 is 0 Å². The Labute approximate surface area is 154 Å². The van der Waals surface area contributed by atoms with E-state index in [0.29, 0.717) is 11.9 Å². The molecule has 2 rings (SSSR count). The molecule has 1 aromatic rings. The number of benzene rings is 1. The second kappa shape index (κ2) is 7.80. The summed E-state index contributed by atoms with van der Waals surface area (Å²) >= 11 is 0. The van der Waals surface area contributed by atoms with Crippen molar-refractivity contribution in [3.63, 3.8) is 0 Å². The van der Waals surface area contributed by atoms with Gasteiger partial charge in [-0.25, -0.2) is 17.6 Å². The predicted octanol–water partition coefficient (Wildman–Crippen LogP) is 3.85. The van der Waals surface area contributed by atoms with Crippen molar-refractivity contribution in [3.05, 3.63) is 46.0 Å². The smallest absolute Gasteiger partial charge is 0.310 e. The molecule has 0 heterocycles. The Balaban J connectivity index is 2.18. The molecule has 2 atom stereocenters. The Morgan fingerprint density at radius 3 is 1.96 bits per heavy atom. The molecular formula is C19H20F4O4. The Morgan fingerprint density at radius 1 is 1.04 bits per heavy atom. The maximum Gasteiger partial charge on any atom is 0.310 e. The molecule has 0 N–H and O–H groups in total. The first kappa shape index (κ1) is 21.1. The van der Waals surface area contributed by atoms with Crippen LogP contribution in [0.25, 0.3) is 0 Å². The van der Waals surface area contributed by atoms with Gasteiger partial charge in [-0.15, -0.1) is 0 Å². The lowest BCUT2D eigenvalue weighted by molar-refractivity contribution is -0.147. The number of carbonyl (C=O) groups is 2. The van der Waals surface area contributed by atoms with Crippen LogP contribution in [-0.2, 0) is 32.3 Å². The van der Waals surface area contributed by atoms with Gasteiger partial charge >= 0.3 is 5.97 Å². The molecule has 148 valence electrons. The van der Waals surface area contributed by atoms with E-state index in [2.05, 4.69) is 4.74 Å². The molecule has 2 unspecified atom stereocenters. The number of hydrogen-bond acceptors (Lipinski definition) is 4. The van der Waals surface area contributed by atoms with Crippen molar-refractivity contribution in [2.75, 3.05) is 7.11 Å². The van der Waals surface area contributed by atoms with Crippen LogP contribution in [0.2, 0.25) is 0 Å². The van der Waals surface area contributed by atoms with Gasteiger partial charge in [0.05, 0.1) is 23.7 Å². The van der Waals surface area contributed by atoms with E-state index < -0.39 is 64.9 Å². The van der Waals surface area contributed by atoms with Gasteiger partial charge in [0.25, 0.3) is 0 Å². The number of rotatable bonds is 7. The maximum absolute atomic E-state index is 14.1. The molecule has 4 nitrogen and oxygen atoms in total. The minimum absolute atomic E-state index is 0.276. The quantitative estimate of drug-likeness (QED) is 0.234. The summed E-state index contributed by atoms with van der Waals surface area (Å²) in [7, 11) is 1.12. The van der Waals surface area contributed by atoms with E-state index in [1.807, 2.05) is 0 Å². The van der Waals surface area contributed by atoms with Crippen LogP contribution >= 0.6 is 0 Å². The molecule has 1 aliphatic carbocycles. The number of aldehydes is 1.